The van der Waals surface area contributed by atoms with Gasteiger partial charge in [-0.05, 0) is 36.8 Å². The predicted molar refractivity (Wildman–Crippen MR) is 111 cm³/mol. The SMILES string of the molecule is CCc1ccc(C2CNCCN2C(=O)CSCC(=O)N2CCCCC2)cc1. The number of hydrogen-bond donors (Lipinski definition) is 1. The second kappa shape index (κ2) is 10.1. The molecule has 2 aliphatic rings. The quantitative estimate of drug-likeness (QED) is 0.812. The first-order valence-electron chi connectivity index (χ1n) is 10.1. The molecule has 0 radical (unpaired) electrons. The van der Waals surface area contributed by atoms with E-state index in [1.165, 1.54) is 29.3 Å². The molecule has 0 aliphatic carbocycles. The predicted octanol–water partition coefficient (Wildman–Crippen LogP) is 2.47. The number of nitrogens with zero attached hydrogens (tertiary/aromatic N) is 2. The molecule has 1 aromatic rings. The average Bonchev–Trinajstić information content (AvgIpc) is 2.74. The van der Waals surface area contributed by atoms with E-state index in [9.17, 15) is 9.59 Å². The zero-order chi connectivity index (χ0) is 19.1. The zero-order valence-corrected chi connectivity index (χ0v) is 17.1. The van der Waals surface area contributed by atoms with Crippen LogP contribution in [0.15, 0.2) is 24.3 Å². The summed E-state index contributed by atoms with van der Waals surface area (Å²) in [4.78, 5) is 29.0. The summed E-state index contributed by atoms with van der Waals surface area (Å²) in [6, 6.07) is 8.67. The maximum absolute atomic E-state index is 12.8. The number of aryl methyl sites for hydroxylation is 1. The summed E-state index contributed by atoms with van der Waals surface area (Å²) in [5.41, 5.74) is 2.49. The normalized spacial score (nSPS) is 20.6. The molecule has 3 rings (SSSR count). The molecule has 2 fully saturated rings. The first-order chi connectivity index (χ1) is 13.2. The molecule has 1 atom stereocenters. The summed E-state index contributed by atoms with van der Waals surface area (Å²) >= 11 is 1.46. The van der Waals surface area contributed by atoms with Crippen LogP contribution in [0, 0.1) is 0 Å². The molecule has 1 N–H and O–H groups in total. The molecule has 1 aromatic carbocycles. The molecule has 1 unspecified atom stereocenters. The molecule has 2 amide bonds. The Labute approximate surface area is 166 Å². The molecule has 0 spiro atoms. The monoisotopic (exact) mass is 389 g/mol. The molecular formula is C21H31N3O2S. The Bertz CT molecular complexity index is 629. The number of amides is 2. The topological polar surface area (TPSA) is 52.7 Å². The fraction of sp³-hybridized carbons (Fsp3) is 0.619. The van der Waals surface area contributed by atoms with Crippen molar-refractivity contribution in [1.29, 1.82) is 0 Å². The molecule has 2 heterocycles. The van der Waals surface area contributed by atoms with Crippen LogP contribution in [0.4, 0.5) is 0 Å². The third kappa shape index (κ3) is 5.48. The molecule has 2 saturated heterocycles. The lowest BCUT2D eigenvalue weighted by Crippen LogP contribution is -2.49. The van der Waals surface area contributed by atoms with Gasteiger partial charge in [0.25, 0.3) is 0 Å². The average molecular weight is 390 g/mol. The lowest BCUT2D eigenvalue weighted by atomic mass is 10.0. The molecule has 6 heteroatoms. The molecule has 0 bridgehead atoms. The van der Waals surface area contributed by atoms with Crippen molar-refractivity contribution in [1.82, 2.24) is 15.1 Å². The summed E-state index contributed by atoms with van der Waals surface area (Å²) in [7, 11) is 0. The molecule has 27 heavy (non-hydrogen) atoms. The van der Waals surface area contributed by atoms with E-state index < -0.39 is 0 Å². The fourth-order valence-electron chi connectivity index (χ4n) is 3.82. The van der Waals surface area contributed by atoms with Crippen molar-refractivity contribution in [3.63, 3.8) is 0 Å². The number of hydrogen-bond acceptors (Lipinski definition) is 4. The van der Waals surface area contributed by atoms with Gasteiger partial charge in [-0.25, -0.2) is 0 Å². The van der Waals surface area contributed by atoms with Crippen molar-refractivity contribution >= 4 is 23.6 Å². The number of nitrogens with one attached hydrogen (secondary N) is 1. The van der Waals surface area contributed by atoms with E-state index in [4.69, 9.17) is 0 Å². The Morgan fingerprint density at radius 1 is 1.04 bits per heavy atom. The van der Waals surface area contributed by atoms with Gasteiger partial charge >= 0.3 is 0 Å². The van der Waals surface area contributed by atoms with Crippen molar-refractivity contribution < 1.29 is 9.59 Å². The molecular weight excluding hydrogens is 358 g/mol. The highest BCUT2D eigenvalue weighted by molar-refractivity contribution is 8.00. The second-order valence-corrected chi connectivity index (χ2v) is 8.32. The first-order valence-corrected chi connectivity index (χ1v) is 11.3. The number of piperazine rings is 1. The van der Waals surface area contributed by atoms with Crippen LogP contribution >= 0.6 is 11.8 Å². The van der Waals surface area contributed by atoms with E-state index in [0.29, 0.717) is 11.5 Å². The van der Waals surface area contributed by atoms with Crippen LogP contribution < -0.4 is 5.32 Å². The van der Waals surface area contributed by atoms with Crippen LogP contribution in [-0.4, -0.2) is 65.8 Å². The Kier molecular flexibility index (Phi) is 7.59. The van der Waals surface area contributed by atoms with Crippen LogP contribution in [-0.2, 0) is 16.0 Å². The van der Waals surface area contributed by atoms with Crippen molar-refractivity contribution in [2.45, 2.75) is 38.6 Å². The third-order valence-electron chi connectivity index (χ3n) is 5.50. The second-order valence-electron chi connectivity index (χ2n) is 7.34. The lowest BCUT2D eigenvalue weighted by molar-refractivity contribution is -0.131. The van der Waals surface area contributed by atoms with E-state index in [0.717, 1.165) is 52.0 Å². The summed E-state index contributed by atoms with van der Waals surface area (Å²) < 4.78 is 0. The van der Waals surface area contributed by atoms with Gasteiger partial charge in [0.05, 0.1) is 17.5 Å². The van der Waals surface area contributed by atoms with Crippen molar-refractivity contribution in [3.8, 4) is 0 Å². The fourth-order valence-corrected chi connectivity index (χ4v) is 4.62. The largest absolute Gasteiger partial charge is 0.342 e. The highest BCUT2D eigenvalue weighted by Gasteiger charge is 2.28. The zero-order valence-electron chi connectivity index (χ0n) is 16.3. The minimum absolute atomic E-state index is 0.0792. The van der Waals surface area contributed by atoms with Gasteiger partial charge in [0, 0.05) is 32.7 Å². The standard InChI is InChI=1S/C21H31N3O2S/c1-2-17-6-8-18(9-7-17)19-14-22-10-13-24(19)21(26)16-27-15-20(25)23-11-4-3-5-12-23/h6-9,19,22H,2-5,10-16H2,1H3. The Morgan fingerprint density at radius 2 is 1.74 bits per heavy atom. The number of piperidine rings is 1. The summed E-state index contributed by atoms with van der Waals surface area (Å²) in [5, 5.41) is 3.40. The molecule has 0 aromatic heterocycles. The highest BCUT2D eigenvalue weighted by atomic mass is 32.2. The maximum Gasteiger partial charge on any atom is 0.233 e. The van der Waals surface area contributed by atoms with Gasteiger partial charge in [0.2, 0.25) is 11.8 Å². The van der Waals surface area contributed by atoms with Crippen molar-refractivity contribution in [2.24, 2.45) is 0 Å². The third-order valence-corrected chi connectivity index (χ3v) is 6.40. The van der Waals surface area contributed by atoms with E-state index in [1.807, 2.05) is 9.80 Å². The molecule has 2 aliphatic heterocycles. The minimum Gasteiger partial charge on any atom is -0.342 e. The van der Waals surface area contributed by atoms with E-state index in [-0.39, 0.29) is 17.9 Å². The smallest absolute Gasteiger partial charge is 0.233 e. The van der Waals surface area contributed by atoms with Crippen LogP contribution in [0.25, 0.3) is 0 Å². The first kappa shape index (κ1) is 20.2. The van der Waals surface area contributed by atoms with Gasteiger partial charge in [-0.2, -0.15) is 0 Å². The van der Waals surface area contributed by atoms with Gasteiger partial charge in [0.1, 0.15) is 0 Å². The Balaban J connectivity index is 1.52. The lowest BCUT2D eigenvalue weighted by Gasteiger charge is -2.36. The summed E-state index contributed by atoms with van der Waals surface area (Å²) in [6.07, 6.45) is 4.45. The van der Waals surface area contributed by atoms with Gasteiger partial charge in [0.15, 0.2) is 0 Å². The van der Waals surface area contributed by atoms with Gasteiger partial charge < -0.3 is 15.1 Å². The Hall–Kier alpha value is -1.53. The van der Waals surface area contributed by atoms with E-state index in [1.54, 1.807) is 0 Å². The number of rotatable bonds is 6. The van der Waals surface area contributed by atoms with E-state index >= 15 is 0 Å². The van der Waals surface area contributed by atoms with Crippen LogP contribution in [0.5, 0.6) is 0 Å². The number of thioether (sulfide) groups is 1. The Morgan fingerprint density at radius 3 is 2.44 bits per heavy atom. The molecule has 5 nitrogen and oxygen atoms in total. The van der Waals surface area contributed by atoms with Crippen LogP contribution in [0.2, 0.25) is 0 Å². The van der Waals surface area contributed by atoms with Crippen LogP contribution in [0.3, 0.4) is 0 Å². The maximum atomic E-state index is 12.8. The van der Waals surface area contributed by atoms with Gasteiger partial charge in [-0.1, -0.05) is 31.2 Å². The van der Waals surface area contributed by atoms with Gasteiger partial charge in [-0.15, -0.1) is 11.8 Å². The van der Waals surface area contributed by atoms with Crippen molar-refractivity contribution in [2.75, 3.05) is 44.2 Å². The summed E-state index contributed by atoms with van der Waals surface area (Å²) in [6.45, 7) is 6.23. The highest BCUT2D eigenvalue weighted by Crippen LogP contribution is 2.24. The van der Waals surface area contributed by atoms with E-state index in [2.05, 4.69) is 36.5 Å². The van der Waals surface area contributed by atoms with Crippen molar-refractivity contribution in [3.05, 3.63) is 35.4 Å². The minimum atomic E-state index is 0.0792. The molecule has 0 saturated carbocycles. The number of benzene rings is 1. The number of likely N-dealkylation sites (tertiary alicyclic amines) is 1. The van der Waals surface area contributed by atoms with Crippen LogP contribution in [0.1, 0.15) is 43.4 Å². The molecule has 148 valence electrons. The van der Waals surface area contributed by atoms with Gasteiger partial charge in [-0.3, -0.25) is 9.59 Å². The number of carbonyl (C=O) groups excluding carboxylic acids is 2. The summed E-state index contributed by atoms with van der Waals surface area (Å²) in [5.74, 6) is 1.11. The number of carbonyl (C=O) groups is 2.